The average Bonchev–Trinajstić information content (AvgIpc) is 3.34. The van der Waals surface area contributed by atoms with Gasteiger partial charge < -0.3 is 24.3 Å². The zero-order chi connectivity index (χ0) is 20.4. The van der Waals surface area contributed by atoms with Gasteiger partial charge in [0.1, 0.15) is 18.6 Å². The molecule has 0 spiro atoms. The number of nitrogens with one attached hydrogen (secondary N) is 1. The van der Waals surface area contributed by atoms with Crippen LogP contribution in [-0.4, -0.2) is 52.1 Å². The van der Waals surface area contributed by atoms with Gasteiger partial charge in [0.25, 0.3) is 5.91 Å². The van der Waals surface area contributed by atoms with Crippen molar-refractivity contribution in [2.75, 3.05) is 25.6 Å². The second-order valence-electron chi connectivity index (χ2n) is 6.74. The Hall–Kier alpha value is -3.40. The summed E-state index contributed by atoms with van der Waals surface area (Å²) in [5.41, 5.74) is 1.16. The van der Waals surface area contributed by atoms with E-state index in [1.807, 2.05) is 0 Å². The van der Waals surface area contributed by atoms with E-state index in [1.54, 1.807) is 18.3 Å². The zero-order valence-corrected chi connectivity index (χ0v) is 15.8. The molecule has 0 saturated carbocycles. The van der Waals surface area contributed by atoms with Crippen LogP contribution in [-0.2, 0) is 16.1 Å². The van der Waals surface area contributed by atoms with Crippen molar-refractivity contribution in [3.8, 4) is 5.75 Å². The van der Waals surface area contributed by atoms with Gasteiger partial charge in [-0.1, -0.05) is 0 Å². The summed E-state index contributed by atoms with van der Waals surface area (Å²) in [5.74, 6) is -0.334. The molecule has 1 aromatic carbocycles. The average molecular weight is 400 g/mol. The molecule has 1 fully saturated rings. The fraction of sp³-hybridized carbons (Fsp3) is 0.368. The second-order valence-corrected chi connectivity index (χ2v) is 6.74. The molecule has 29 heavy (non-hydrogen) atoms. The van der Waals surface area contributed by atoms with Gasteiger partial charge in [0.2, 0.25) is 0 Å². The first-order valence-corrected chi connectivity index (χ1v) is 9.15. The van der Waals surface area contributed by atoms with E-state index in [0.29, 0.717) is 41.4 Å². The quantitative estimate of drug-likeness (QED) is 0.645. The van der Waals surface area contributed by atoms with Crippen LogP contribution in [0.1, 0.15) is 35.1 Å². The lowest BCUT2D eigenvalue weighted by Crippen LogP contribution is -2.16. The van der Waals surface area contributed by atoms with E-state index < -0.39 is 11.9 Å². The molecule has 1 amide bonds. The maximum absolute atomic E-state index is 12.7. The van der Waals surface area contributed by atoms with Gasteiger partial charge in [-0.15, -0.1) is 0 Å². The summed E-state index contributed by atoms with van der Waals surface area (Å²) in [7, 11) is 1.48. The number of carbonyl (C=O) groups is 2. The molecule has 10 nitrogen and oxygen atoms in total. The van der Waals surface area contributed by atoms with Crippen molar-refractivity contribution in [3.05, 3.63) is 36.2 Å². The number of rotatable bonds is 6. The molecule has 1 aliphatic heterocycles. The van der Waals surface area contributed by atoms with E-state index in [2.05, 4.69) is 15.4 Å². The number of carboxylic acid groups (broad SMARTS) is 1. The summed E-state index contributed by atoms with van der Waals surface area (Å²) in [6.07, 6.45) is 4.56. The summed E-state index contributed by atoms with van der Waals surface area (Å²) in [4.78, 5) is 27.9. The minimum absolute atomic E-state index is 0.149. The Balaban J connectivity index is 1.55. The van der Waals surface area contributed by atoms with Gasteiger partial charge in [-0.3, -0.25) is 14.3 Å². The molecule has 0 atom stereocenters. The number of ether oxygens (including phenoxy) is 2. The molecule has 0 aliphatic carbocycles. The number of hydrogen-bond donors (Lipinski definition) is 2. The van der Waals surface area contributed by atoms with Crippen molar-refractivity contribution in [2.45, 2.75) is 25.3 Å². The number of aliphatic carboxylic acids is 1. The van der Waals surface area contributed by atoms with Crippen molar-refractivity contribution in [1.82, 2.24) is 14.8 Å². The maximum Gasteiger partial charge on any atom is 0.325 e. The minimum Gasteiger partial charge on any atom is -0.494 e. The van der Waals surface area contributed by atoms with E-state index in [0.717, 1.165) is 12.8 Å². The first-order valence-electron chi connectivity index (χ1n) is 9.15. The van der Waals surface area contributed by atoms with Crippen LogP contribution in [0.3, 0.4) is 0 Å². The van der Waals surface area contributed by atoms with E-state index in [4.69, 9.17) is 19.0 Å². The van der Waals surface area contributed by atoms with E-state index >= 15 is 0 Å². The molecule has 0 bridgehead atoms. The van der Waals surface area contributed by atoms with Crippen LogP contribution in [0.25, 0.3) is 10.9 Å². The molecule has 3 heterocycles. The lowest BCUT2D eigenvalue weighted by atomic mass is 10.0. The van der Waals surface area contributed by atoms with Crippen molar-refractivity contribution in [2.24, 2.45) is 0 Å². The number of anilines is 1. The lowest BCUT2D eigenvalue weighted by Gasteiger charge is -2.18. The minimum atomic E-state index is -0.996. The molecule has 3 aromatic rings. The predicted octanol–water partition coefficient (Wildman–Crippen LogP) is 2.26. The predicted molar refractivity (Wildman–Crippen MR) is 101 cm³/mol. The highest BCUT2D eigenvalue weighted by Crippen LogP contribution is 2.31. The maximum atomic E-state index is 12.7. The molecular weight excluding hydrogens is 380 g/mol. The Labute approximate surface area is 165 Å². The number of methoxy groups -OCH3 is 1. The molecule has 1 aliphatic rings. The third-order valence-electron chi connectivity index (χ3n) is 4.74. The Morgan fingerprint density at radius 1 is 1.34 bits per heavy atom. The molecular formula is C19H20N4O6. The fourth-order valence-electron chi connectivity index (χ4n) is 3.30. The Morgan fingerprint density at radius 2 is 2.14 bits per heavy atom. The standard InChI is InChI=1S/C19H20N4O6/c1-27-16-7-13-12(8-23(22-13)9-17(24)25)6-14(16)20-18(26)15-10-29-19(21-15)11-2-4-28-5-3-11/h6-8,10-11H,2-5,9H2,1H3,(H,20,26)(H,24,25). The van der Waals surface area contributed by atoms with Gasteiger partial charge in [-0.2, -0.15) is 5.10 Å². The third-order valence-corrected chi connectivity index (χ3v) is 4.74. The molecule has 152 valence electrons. The van der Waals surface area contributed by atoms with Crippen LogP contribution < -0.4 is 10.1 Å². The lowest BCUT2D eigenvalue weighted by molar-refractivity contribution is -0.137. The largest absolute Gasteiger partial charge is 0.494 e. The van der Waals surface area contributed by atoms with Gasteiger partial charge in [-0.05, 0) is 18.9 Å². The van der Waals surface area contributed by atoms with Crippen molar-refractivity contribution < 1.29 is 28.6 Å². The van der Waals surface area contributed by atoms with Crippen LogP contribution in [0.2, 0.25) is 0 Å². The van der Waals surface area contributed by atoms with E-state index in [-0.39, 0.29) is 18.2 Å². The molecule has 1 saturated heterocycles. The number of fused-ring (bicyclic) bond motifs is 1. The van der Waals surface area contributed by atoms with Gasteiger partial charge in [0.05, 0.1) is 18.3 Å². The van der Waals surface area contributed by atoms with Gasteiger partial charge >= 0.3 is 5.97 Å². The molecule has 4 rings (SSSR count). The van der Waals surface area contributed by atoms with E-state index in [1.165, 1.54) is 18.1 Å². The summed E-state index contributed by atoms with van der Waals surface area (Å²) in [6.45, 7) is 1.05. The first-order chi connectivity index (χ1) is 14.0. The van der Waals surface area contributed by atoms with Gasteiger partial charge in [-0.25, -0.2) is 4.98 Å². The van der Waals surface area contributed by atoms with Crippen LogP contribution in [0.5, 0.6) is 5.75 Å². The number of benzene rings is 1. The molecule has 2 aromatic heterocycles. The fourth-order valence-corrected chi connectivity index (χ4v) is 3.30. The van der Waals surface area contributed by atoms with Crippen LogP contribution in [0.15, 0.2) is 29.0 Å². The molecule has 0 unspecified atom stereocenters. The number of nitrogens with zero attached hydrogens (tertiary/aromatic N) is 3. The number of carboxylic acids is 1. The highest BCUT2D eigenvalue weighted by atomic mass is 16.5. The van der Waals surface area contributed by atoms with Crippen LogP contribution in [0.4, 0.5) is 5.69 Å². The Bertz CT molecular complexity index is 1050. The van der Waals surface area contributed by atoms with Gasteiger partial charge in [0, 0.05) is 36.8 Å². The highest BCUT2D eigenvalue weighted by Gasteiger charge is 2.23. The number of aromatic nitrogens is 3. The highest BCUT2D eigenvalue weighted by molar-refractivity contribution is 6.04. The number of amides is 1. The van der Waals surface area contributed by atoms with Crippen LogP contribution >= 0.6 is 0 Å². The molecule has 0 radical (unpaired) electrons. The van der Waals surface area contributed by atoms with E-state index in [9.17, 15) is 9.59 Å². The summed E-state index contributed by atoms with van der Waals surface area (Å²) in [6, 6.07) is 3.32. The Morgan fingerprint density at radius 3 is 2.86 bits per heavy atom. The summed E-state index contributed by atoms with van der Waals surface area (Å²) >= 11 is 0. The summed E-state index contributed by atoms with van der Waals surface area (Å²) in [5, 5.41) is 16.6. The molecule has 2 N–H and O–H groups in total. The monoisotopic (exact) mass is 400 g/mol. The number of hydrogen-bond acceptors (Lipinski definition) is 7. The third kappa shape index (κ3) is 4.06. The Kier molecular flexibility index (Phi) is 5.17. The summed E-state index contributed by atoms with van der Waals surface area (Å²) < 4.78 is 17.5. The van der Waals surface area contributed by atoms with Crippen LogP contribution in [0, 0.1) is 0 Å². The van der Waals surface area contributed by atoms with Crippen molar-refractivity contribution in [1.29, 1.82) is 0 Å². The van der Waals surface area contributed by atoms with Crippen molar-refractivity contribution in [3.63, 3.8) is 0 Å². The SMILES string of the molecule is COc1cc2nn(CC(=O)O)cc2cc1NC(=O)c1coc(C2CCOCC2)n1. The smallest absolute Gasteiger partial charge is 0.325 e. The number of carbonyl (C=O) groups excluding carboxylic acids is 1. The second kappa shape index (κ2) is 7.92. The van der Waals surface area contributed by atoms with Gasteiger partial charge in [0.15, 0.2) is 11.6 Å². The number of oxazole rings is 1. The van der Waals surface area contributed by atoms with Crippen molar-refractivity contribution >= 4 is 28.5 Å². The first kappa shape index (κ1) is 18.9. The normalized spacial score (nSPS) is 14.8. The molecule has 10 heteroatoms. The zero-order valence-electron chi connectivity index (χ0n) is 15.8. The topological polar surface area (TPSA) is 129 Å².